The molecule has 0 atom stereocenters. The molecule has 4 rings (SSSR count). The van der Waals surface area contributed by atoms with Gasteiger partial charge in [-0.3, -0.25) is 0 Å². The van der Waals surface area contributed by atoms with E-state index in [1.54, 1.807) is 0 Å². The van der Waals surface area contributed by atoms with Gasteiger partial charge in [-0.05, 0) is 18.6 Å². The van der Waals surface area contributed by atoms with Crippen molar-refractivity contribution in [1.29, 1.82) is 0 Å². The Labute approximate surface area is 158 Å². The van der Waals surface area contributed by atoms with Gasteiger partial charge in [-0.15, -0.1) is 0 Å². The molecule has 27 heavy (non-hydrogen) atoms. The van der Waals surface area contributed by atoms with Crippen LogP contribution in [-0.2, 0) is 11.3 Å². The fraction of sp³-hybridized carbons (Fsp3) is 0.182. The molecule has 5 heteroatoms. The van der Waals surface area contributed by atoms with Crippen molar-refractivity contribution in [3.05, 3.63) is 72.1 Å². The number of nitrogen functional groups attached to an aromatic ring is 1. The minimum Gasteiger partial charge on any atom is -0.382 e. The van der Waals surface area contributed by atoms with Crippen molar-refractivity contribution in [2.45, 2.75) is 13.5 Å². The molecule has 0 fully saturated rings. The van der Waals surface area contributed by atoms with Crippen molar-refractivity contribution in [1.82, 2.24) is 14.5 Å². The molecule has 4 aromatic rings. The van der Waals surface area contributed by atoms with Crippen LogP contribution < -0.4 is 5.73 Å². The number of nitrogens with zero attached hydrogens (tertiary/aromatic N) is 3. The third-order valence-electron chi connectivity index (χ3n) is 4.58. The predicted octanol–water partition coefficient (Wildman–Crippen LogP) is 4.21. The van der Waals surface area contributed by atoms with E-state index in [1.807, 2.05) is 49.4 Å². The molecule has 0 aliphatic rings. The van der Waals surface area contributed by atoms with E-state index >= 15 is 0 Å². The summed E-state index contributed by atoms with van der Waals surface area (Å²) in [4.78, 5) is 9.09. The molecule has 2 heterocycles. The van der Waals surface area contributed by atoms with Crippen LogP contribution in [0.4, 0.5) is 5.82 Å². The Morgan fingerprint density at radius 2 is 1.81 bits per heavy atom. The van der Waals surface area contributed by atoms with Gasteiger partial charge in [0.25, 0.3) is 0 Å². The number of hydrogen-bond donors (Lipinski definition) is 1. The van der Waals surface area contributed by atoms with Crippen LogP contribution in [0.2, 0.25) is 0 Å². The van der Waals surface area contributed by atoms with Gasteiger partial charge in [0.2, 0.25) is 0 Å². The minimum absolute atomic E-state index is 0.470. The molecule has 0 radical (unpaired) electrons. The van der Waals surface area contributed by atoms with Crippen LogP contribution in [0, 0.1) is 6.92 Å². The number of benzene rings is 2. The highest BCUT2D eigenvalue weighted by Crippen LogP contribution is 2.28. The highest BCUT2D eigenvalue weighted by atomic mass is 16.5. The van der Waals surface area contributed by atoms with E-state index in [4.69, 9.17) is 10.5 Å². The van der Waals surface area contributed by atoms with Crippen molar-refractivity contribution in [2.24, 2.45) is 0 Å². The average Bonchev–Trinajstić information content (AvgIpc) is 3.03. The monoisotopic (exact) mass is 358 g/mol. The van der Waals surface area contributed by atoms with E-state index in [9.17, 15) is 0 Å². The number of aryl methyl sites for hydroxylation is 1. The minimum atomic E-state index is 0.470. The number of anilines is 1. The smallest absolute Gasteiger partial charge is 0.152 e. The van der Waals surface area contributed by atoms with Crippen molar-refractivity contribution in [2.75, 3.05) is 18.9 Å². The first-order chi connectivity index (χ1) is 13.2. The highest BCUT2D eigenvalue weighted by Gasteiger charge is 2.14. The van der Waals surface area contributed by atoms with Crippen LogP contribution in [0.1, 0.15) is 11.4 Å². The normalized spacial score (nSPS) is 11.7. The summed E-state index contributed by atoms with van der Waals surface area (Å²) in [6.45, 7) is 3.88. The quantitative estimate of drug-likeness (QED) is 0.525. The Hall–Kier alpha value is -3.18. The Morgan fingerprint density at radius 3 is 2.67 bits per heavy atom. The SMILES string of the molecule is Cc1nc2c(N)nc3ccccc3c2n1CCOCC=Cc1ccccc1. The van der Waals surface area contributed by atoms with E-state index in [2.05, 4.69) is 38.8 Å². The second-order valence-electron chi connectivity index (χ2n) is 6.41. The van der Waals surface area contributed by atoms with Gasteiger partial charge in [-0.2, -0.15) is 0 Å². The number of rotatable bonds is 6. The van der Waals surface area contributed by atoms with Gasteiger partial charge < -0.3 is 15.0 Å². The summed E-state index contributed by atoms with van der Waals surface area (Å²) in [7, 11) is 0. The summed E-state index contributed by atoms with van der Waals surface area (Å²) in [5.74, 6) is 1.38. The molecule has 0 bridgehead atoms. The van der Waals surface area contributed by atoms with Gasteiger partial charge in [0.15, 0.2) is 5.82 Å². The van der Waals surface area contributed by atoms with Crippen LogP contribution in [0.3, 0.4) is 0 Å². The van der Waals surface area contributed by atoms with Gasteiger partial charge in [-0.25, -0.2) is 9.97 Å². The van der Waals surface area contributed by atoms with E-state index in [1.165, 1.54) is 5.56 Å². The van der Waals surface area contributed by atoms with Crippen molar-refractivity contribution >= 4 is 33.8 Å². The maximum atomic E-state index is 6.13. The lowest BCUT2D eigenvalue weighted by atomic mass is 10.2. The van der Waals surface area contributed by atoms with Gasteiger partial charge in [0.05, 0.1) is 24.2 Å². The lowest BCUT2D eigenvalue weighted by Crippen LogP contribution is -2.08. The Balaban J connectivity index is 1.49. The first kappa shape index (κ1) is 17.2. The molecule has 2 N–H and O–H groups in total. The van der Waals surface area contributed by atoms with Crippen LogP contribution in [0.15, 0.2) is 60.7 Å². The fourth-order valence-corrected chi connectivity index (χ4v) is 3.30. The third kappa shape index (κ3) is 3.55. The lowest BCUT2D eigenvalue weighted by molar-refractivity contribution is 0.154. The molecule has 2 aromatic heterocycles. The van der Waals surface area contributed by atoms with Gasteiger partial charge >= 0.3 is 0 Å². The number of ether oxygens (including phenoxy) is 1. The number of imidazole rings is 1. The number of pyridine rings is 1. The molecule has 0 spiro atoms. The maximum Gasteiger partial charge on any atom is 0.152 e. The van der Waals surface area contributed by atoms with Gasteiger partial charge in [0, 0.05) is 11.9 Å². The summed E-state index contributed by atoms with van der Waals surface area (Å²) in [6.07, 6.45) is 4.10. The van der Waals surface area contributed by atoms with Crippen molar-refractivity contribution in [3.63, 3.8) is 0 Å². The van der Waals surface area contributed by atoms with E-state index in [0.717, 1.165) is 34.3 Å². The molecular weight excluding hydrogens is 336 g/mol. The van der Waals surface area contributed by atoms with Crippen molar-refractivity contribution < 1.29 is 4.74 Å². The molecular formula is C22H22N4O. The third-order valence-corrected chi connectivity index (χ3v) is 4.58. The molecule has 0 saturated heterocycles. The van der Waals surface area contributed by atoms with E-state index < -0.39 is 0 Å². The average molecular weight is 358 g/mol. The first-order valence-corrected chi connectivity index (χ1v) is 9.04. The lowest BCUT2D eigenvalue weighted by Gasteiger charge is -2.09. The van der Waals surface area contributed by atoms with Crippen molar-refractivity contribution in [3.8, 4) is 0 Å². The Morgan fingerprint density at radius 1 is 1.04 bits per heavy atom. The zero-order chi connectivity index (χ0) is 18.6. The second kappa shape index (κ2) is 7.60. The van der Waals surface area contributed by atoms with Crippen LogP contribution in [0.25, 0.3) is 28.0 Å². The Bertz CT molecular complexity index is 1100. The number of fused-ring (bicyclic) bond motifs is 3. The molecule has 0 saturated carbocycles. The van der Waals surface area contributed by atoms with E-state index in [-0.39, 0.29) is 0 Å². The number of hydrogen-bond acceptors (Lipinski definition) is 4. The van der Waals surface area contributed by atoms with E-state index in [0.29, 0.717) is 19.0 Å². The largest absolute Gasteiger partial charge is 0.382 e. The number of para-hydroxylation sites is 1. The number of nitrogens with two attached hydrogens (primary N) is 1. The molecule has 0 aliphatic heterocycles. The van der Waals surface area contributed by atoms with Gasteiger partial charge in [0.1, 0.15) is 11.3 Å². The molecule has 2 aromatic carbocycles. The molecule has 136 valence electrons. The summed E-state index contributed by atoms with van der Waals surface area (Å²) < 4.78 is 7.96. The topological polar surface area (TPSA) is 66.0 Å². The Kier molecular flexibility index (Phi) is 4.85. The summed E-state index contributed by atoms with van der Waals surface area (Å²) in [5.41, 5.74) is 9.97. The maximum absolute atomic E-state index is 6.13. The predicted molar refractivity (Wildman–Crippen MR) is 110 cm³/mol. The van der Waals surface area contributed by atoms with Crippen LogP contribution in [0.5, 0.6) is 0 Å². The molecule has 5 nitrogen and oxygen atoms in total. The zero-order valence-electron chi connectivity index (χ0n) is 15.3. The van der Waals surface area contributed by atoms with Crippen LogP contribution in [-0.4, -0.2) is 27.7 Å². The zero-order valence-corrected chi connectivity index (χ0v) is 15.3. The summed E-state index contributed by atoms with van der Waals surface area (Å²) in [5, 5.41) is 1.06. The second-order valence-corrected chi connectivity index (χ2v) is 6.41. The molecule has 0 amide bonds. The standard InChI is InChI=1S/C22H22N4O/c1-16-24-20-21(18-11-5-6-12-19(18)25-22(20)23)26(16)13-15-27-14-7-10-17-8-3-2-4-9-17/h2-12H,13-15H2,1H3,(H2,23,25). The molecule has 0 unspecified atom stereocenters. The fourth-order valence-electron chi connectivity index (χ4n) is 3.30. The van der Waals surface area contributed by atoms with Crippen LogP contribution >= 0.6 is 0 Å². The number of aromatic nitrogens is 3. The van der Waals surface area contributed by atoms with Gasteiger partial charge in [-0.1, -0.05) is 60.7 Å². The first-order valence-electron chi connectivity index (χ1n) is 9.04. The highest BCUT2D eigenvalue weighted by molar-refractivity contribution is 6.06. The summed E-state index contributed by atoms with van der Waals surface area (Å²) >= 11 is 0. The summed E-state index contributed by atoms with van der Waals surface area (Å²) in [6, 6.07) is 18.2. The molecule has 0 aliphatic carbocycles.